The van der Waals surface area contributed by atoms with Crippen molar-refractivity contribution < 1.29 is 14.4 Å². The molecule has 0 radical (unpaired) electrons. The molecule has 1 aliphatic rings. The lowest BCUT2D eigenvalue weighted by Crippen LogP contribution is -2.67. The Morgan fingerprint density at radius 2 is 2.00 bits per heavy atom. The van der Waals surface area contributed by atoms with Crippen molar-refractivity contribution in [1.29, 1.82) is 0 Å². The third kappa shape index (κ3) is 2.14. The van der Waals surface area contributed by atoms with E-state index in [0.29, 0.717) is 11.3 Å². The van der Waals surface area contributed by atoms with Gasteiger partial charge in [-0.15, -0.1) is 0 Å². The Morgan fingerprint density at radius 3 is 2.60 bits per heavy atom. The second-order valence-electron chi connectivity index (χ2n) is 4.97. The largest absolute Gasteiger partial charge is 0.334 e. The zero-order chi connectivity index (χ0) is 14.9. The monoisotopic (exact) mass is 338 g/mol. The highest BCUT2D eigenvalue weighted by atomic mass is 79.9. The average Bonchev–Trinajstić information content (AvgIpc) is 2.42. The second-order valence-corrected chi connectivity index (χ2v) is 5.53. The number of hydrogen-bond acceptors (Lipinski definition) is 3. The molecule has 0 aromatic heterocycles. The van der Waals surface area contributed by atoms with Crippen LogP contribution in [0.25, 0.3) is 0 Å². The molecule has 106 valence electrons. The van der Waals surface area contributed by atoms with Crippen LogP contribution in [0.3, 0.4) is 0 Å². The van der Waals surface area contributed by atoms with Crippen molar-refractivity contribution in [3.05, 3.63) is 29.8 Å². The van der Waals surface area contributed by atoms with Gasteiger partial charge in [-0.3, -0.25) is 14.4 Å². The van der Waals surface area contributed by atoms with Crippen molar-refractivity contribution in [3.8, 4) is 0 Å². The number of halogens is 1. The van der Waals surface area contributed by atoms with E-state index in [1.165, 1.54) is 0 Å². The normalized spacial score (nSPS) is 21.4. The maximum absolute atomic E-state index is 12.8. The number of amides is 2. The molecule has 2 rings (SSSR count). The quantitative estimate of drug-likeness (QED) is 0.651. The number of anilines is 1. The van der Waals surface area contributed by atoms with E-state index >= 15 is 0 Å². The highest BCUT2D eigenvalue weighted by molar-refractivity contribution is 9.09. The number of benzene rings is 1. The molecule has 1 atom stereocenters. The molecule has 1 aliphatic heterocycles. The van der Waals surface area contributed by atoms with Gasteiger partial charge in [0.05, 0.1) is 11.0 Å². The fourth-order valence-corrected chi connectivity index (χ4v) is 2.50. The Labute approximate surface area is 125 Å². The first-order valence-electron chi connectivity index (χ1n) is 6.25. The van der Waals surface area contributed by atoms with Gasteiger partial charge >= 0.3 is 0 Å². The van der Waals surface area contributed by atoms with Gasteiger partial charge in [-0.05, 0) is 18.1 Å². The summed E-state index contributed by atoms with van der Waals surface area (Å²) in [4.78, 5) is 36.9. The third-order valence-corrected chi connectivity index (χ3v) is 3.97. The number of alkyl halides is 1. The van der Waals surface area contributed by atoms with E-state index in [-0.39, 0.29) is 17.0 Å². The maximum Gasteiger partial charge on any atom is 0.258 e. The van der Waals surface area contributed by atoms with E-state index in [4.69, 9.17) is 0 Å². The van der Waals surface area contributed by atoms with Crippen molar-refractivity contribution >= 4 is 39.2 Å². The predicted octanol–water partition coefficient (Wildman–Crippen LogP) is 1.73. The van der Waals surface area contributed by atoms with Gasteiger partial charge in [0.2, 0.25) is 5.91 Å². The molecule has 20 heavy (non-hydrogen) atoms. The van der Waals surface area contributed by atoms with Gasteiger partial charge in [-0.2, -0.15) is 0 Å². The summed E-state index contributed by atoms with van der Waals surface area (Å²) in [5, 5.41) is 5.31. The summed E-state index contributed by atoms with van der Waals surface area (Å²) >= 11 is 3.03. The van der Waals surface area contributed by atoms with Crippen molar-refractivity contribution in [2.24, 2.45) is 5.92 Å². The van der Waals surface area contributed by atoms with Gasteiger partial charge in [0, 0.05) is 5.56 Å². The van der Waals surface area contributed by atoms with Crippen molar-refractivity contribution in [2.45, 2.75) is 19.4 Å². The first-order valence-corrected chi connectivity index (χ1v) is 7.38. The zero-order valence-corrected chi connectivity index (χ0v) is 12.8. The molecule has 5 nitrogen and oxygen atoms in total. The maximum atomic E-state index is 12.8. The fraction of sp³-hybridized carbons (Fsp3) is 0.357. The number of para-hydroxylation sites is 1. The number of rotatable bonds is 3. The first kappa shape index (κ1) is 14.7. The Balaban J connectivity index is 2.55. The van der Waals surface area contributed by atoms with Gasteiger partial charge in [0.1, 0.15) is 0 Å². The van der Waals surface area contributed by atoms with Crippen LogP contribution < -0.4 is 10.6 Å². The van der Waals surface area contributed by atoms with Crippen LogP contribution in [0.4, 0.5) is 5.69 Å². The molecule has 1 heterocycles. The SMILES string of the molecule is CC(C)[C@@]1(NC(=O)CBr)C(=O)Nc2ccccc2C1=O. The number of ketones is 1. The van der Waals surface area contributed by atoms with E-state index in [1.807, 2.05) is 0 Å². The van der Waals surface area contributed by atoms with Crippen LogP contribution in [0, 0.1) is 5.92 Å². The summed E-state index contributed by atoms with van der Waals surface area (Å²) in [6, 6.07) is 6.79. The Hall–Kier alpha value is -1.69. The lowest BCUT2D eigenvalue weighted by atomic mass is 9.76. The fourth-order valence-electron chi connectivity index (χ4n) is 2.36. The molecule has 6 heteroatoms. The van der Waals surface area contributed by atoms with E-state index in [2.05, 4.69) is 26.6 Å². The summed E-state index contributed by atoms with van der Waals surface area (Å²) < 4.78 is 0. The minimum Gasteiger partial charge on any atom is -0.334 e. The second kappa shape index (κ2) is 5.36. The molecule has 1 aromatic carbocycles. The van der Waals surface area contributed by atoms with Crippen molar-refractivity contribution in [2.75, 3.05) is 10.6 Å². The average molecular weight is 339 g/mol. The lowest BCUT2D eigenvalue weighted by molar-refractivity contribution is -0.129. The van der Waals surface area contributed by atoms with Crippen molar-refractivity contribution in [1.82, 2.24) is 5.32 Å². The number of Topliss-reactive ketones (excluding diaryl/α,β-unsaturated/α-hetero) is 1. The molecule has 0 unspecified atom stereocenters. The summed E-state index contributed by atoms with van der Waals surface area (Å²) in [6.07, 6.45) is 0. The lowest BCUT2D eigenvalue weighted by Gasteiger charge is -2.38. The van der Waals surface area contributed by atoms with Crippen LogP contribution in [0.15, 0.2) is 24.3 Å². The Kier molecular flexibility index (Phi) is 3.94. The number of carbonyl (C=O) groups is 3. The molecule has 0 spiro atoms. The number of carbonyl (C=O) groups excluding carboxylic acids is 3. The smallest absolute Gasteiger partial charge is 0.258 e. The van der Waals surface area contributed by atoms with Crippen LogP contribution in [-0.4, -0.2) is 28.5 Å². The molecule has 0 fully saturated rings. The van der Waals surface area contributed by atoms with Crippen LogP contribution in [0.5, 0.6) is 0 Å². The molecule has 1 aromatic rings. The Bertz CT molecular complexity index is 586. The number of fused-ring (bicyclic) bond motifs is 1. The van der Waals surface area contributed by atoms with E-state index in [9.17, 15) is 14.4 Å². The zero-order valence-electron chi connectivity index (χ0n) is 11.2. The number of nitrogens with one attached hydrogen (secondary N) is 2. The summed E-state index contributed by atoms with van der Waals surface area (Å²) in [7, 11) is 0. The highest BCUT2D eigenvalue weighted by Crippen LogP contribution is 2.32. The topological polar surface area (TPSA) is 75.3 Å². The number of hydrogen-bond donors (Lipinski definition) is 2. The van der Waals surface area contributed by atoms with Gasteiger partial charge in [-0.25, -0.2) is 0 Å². The van der Waals surface area contributed by atoms with E-state index in [0.717, 1.165) is 0 Å². The van der Waals surface area contributed by atoms with Crippen LogP contribution in [0.2, 0.25) is 0 Å². The molecule has 0 aliphatic carbocycles. The molecule has 2 amide bonds. The Morgan fingerprint density at radius 1 is 1.35 bits per heavy atom. The standard InChI is InChI=1S/C14H15BrN2O3/c1-8(2)14(17-11(18)7-15)12(19)9-5-3-4-6-10(9)16-13(14)20/h3-6,8H,7H2,1-2H3,(H,16,20)(H,17,18)/t14-/m0/s1. The summed E-state index contributed by atoms with van der Waals surface area (Å²) in [5.41, 5.74) is -0.665. The van der Waals surface area contributed by atoms with Crippen molar-refractivity contribution in [3.63, 3.8) is 0 Å². The van der Waals surface area contributed by atoms with Gasteiger partial charge in [0.15, 0.2) is 11.3 Å². The first-order chi connectivity index (χ1) is 9.43. The molecular weight excluding hydrogens is 324 g/mol. The molecular formula is C14H15BrN2O3. The van der Waals surface area contributed by atoms with Crippen LogP contribution in [-0.2, 0) is 9.59 Å². The van der Waals surface area contributed by atoms with E-state index < -0.39 is 17.4 Å². The van der Waals surface area contributed by atoms with Gasteiger partial charge in [-0.1, -0.05) is 41.9 Å². The minimum absolute atomic E-state index is 0.0314. The van der Waals surface area contributed by atoms with E-state index in [1.54, 1.807) is 38.1 Å². The molecule has 0 bridgehead atoms. The van der Waals surface area contributed by atoms with Gasteiger partial charge < -0.3 is 10.6 Å². The molecule has 0 saturated heterocycles. The predicted molar refractivity (Wildman–Crippen MR) is 78.9 cm³/mol. The summed E-state index contributed by atoms with van der Waals surface area (Å²) in [5.74, 6) is -1.64. The van der Waals surface area contributed by atoms with Crippen LogP contribution >= 0.6 is 15.9 Å². The summed E-state index contributed by atoms with van der Waals surface area (Å²) in [6.45, 7) is 3.47. The van der Waals surface area contributed by atoms with Gasteiger partial charge in [0.25, 0.3) is 5.91 Å². The minimum atomic E-state index is -1.56. The molecule has 2 N–H and O–H groups in total. The third-order valence-electron chi connectivity index (χ3n) is 3.46. The highest BCUT2D eigenvalue weighted by Gasteiger charge is 2.53. The van der Waals surface area contributed by atoms with Crippen LogP contribution in [0.1, 0.15) is 24.2 Å². The molecule has 0 saturated carbocycles.